The summed E-state index contributed by atoms with van der Waals surface area (Å²) in [7, 11) is 0. The van der Waals surface area contributed by atoms with Crippen molar-refractivity contribution in [1.82, 2.24) is 9.78 Å². The Morgan fingerprint density at radius 3 is 2.31 bits per heavy atom. The molecule has 0 aliphatic rings. The van der Waals surface area contributed by atoms with Gasteiger partial charge in [0.05, 0.1) is 11.8 Å². The second-order valence-electron chi connectivity index (χ2n) is 4.61. The lowest BCUT2D eigenvalue weighted by atomic mass is 9.87. The number of rotatable bonds is 7. The van der Waals surface area contributed by atoms with Crippen molar-refractivity contribution in [1.29, 1.82) is 0 Å². The van der Waals surface area contributed by atoms with Gasteiger partial charge in [-0.1, -0.05) is 26.7 Å². The summed E-state index contributed by atoms with van der Waals surface area (Å²) in [5.74, 6) is 0. The summed E-state index contributed by atoms with van der Waals surface area (Å²) in [5, 5.41) is 14.8. The fraction of sp³-hybridized carbons (Fsp3) is 0.769. The third-order valence-corrected chi connectivity index (χ3v) is 2.97. The second kappa shape index (κ2) is 6.04. The standard InChI is InChI=1S/C13H24N2O/c1-4-7-13(16,8-5-2)9-12-10-14-15(6-3)11-12/h10-11,16H,4-9H2,1-3H3. The highest BCUT2D eigenvalue weighted by Crippen LogP contribution is 2.24. The molecule has 0 spiro atoms. The van der Waals surface area contributed by atoms with Crippen LogP contribution in [-0.2, 0) is 13.0 Å². The van der Waals surface area contributed by atoms with E-state index in [1.807, 2.05) is 17.1 Å². The van der Waals surface area contributed by atoms with Gasteiger partial charge < -0.3 is 5.11 Å². The maximum atomic E-state index is 10.5. The van der Waals surface area contributed by atoms with Crippen LogP contribution in [0.4, 0.5) is 0 Å². The average molecular weight is 224 g/mol. The number of hydrogen-bond acceptors (Lipinski definition) is 2. The molecule has 92 valence electrons. The molecule has 0 atom stereocenters. The summed E-state index contributed by atoms with van der Waals surface area (Å²) < 4.78 is 1.91. The highest BCUT2D eigenvalue weighted by Gasteiger charge is 2.25. The minimum atomic E-state index is -0.537. The van der Waals surface area contributed by atoms with Crippen molar-refractivity contribution < 1.29 is 5.11 Å². The second-order valence-corrected chi connectivity index (χ2v) is 4.61. The van der Waals surface area contributed by atoms with Crippen LogP contribution in [0.1, 0.15) is 52.0 Å². The van der Waals surface area contributed by atoms with E-state index in [4.69, 9.17) is 0 Å². The van der Waals surface area contributed by atoms with E-state index < -0.39 is 5.60 Å². The molecule has 1 rings (SSSR count). The summed E-state index contributed by atoms with van der Waals surface area (Å²) >= 11 is 0. The fourth-order valence-electron chi connectivity index (χ4n) is 2.28. The van der Waals surface area contributed by atoms with Gasteiger partial charge in [0.15, 0.2) is 0 Å². The Balaban J connectivity index is 2.66. The van der Waals surface area contributed by atoms with Crippen LogP contribution in [0.5, 0.6) is 0 Å². The van der Waals surface area contributed by atoms with Crippen molar-refractivity contribution in [3.63, 3.8) is 0 Å². The highest BCUT2D eigenvalue weighted by molar-refractivity contribution is 5.08. The van der Waals surface area contributed by atoms with Crippen LogP contribution in [-0.4, -0.2) is 20.5 Å². The van der Waals surface area contributed by atoms with E-state index >= 15 is 0 Å². The van der Waals surface area contributed by atoms with Crippen molar-refractivity contribution in [2.45, 2.75) is 65.0 Å². The first-order valence-corrected chi connectivity index (χ1v) is 6.37. The Morgan fingerprint density at radius 1 is 1.25 bits per heavy atom. The Hall–Kier alpha value is -0.830. The van der Waals surface area contributed by atoms with Crippen molar-refractivity contribution in [3.8, 4) is 0 Å². The van der Waals surface area contributed by atoms with E-state index in [-0.39, 0.29) is 0 Å². The third-order valence-electron chi connectivity index (χ3n) is 2.97. The zero-order valence-corrected chi connectivity index (χ0v) is 10.7. The molecule has 16 heavy (non-hydrogen) atoms. The molecule has 0 bridgehead atoms. The Kier molecular flexibility index (Phi) is 5.00. The van der Waals surface area contributed by atoms with Gasteiger partial charge in [0, 0.05) is 19.2 Å². The first-order chi connectivity index (χ1) is 7.63. The highest BCUT2D eigenvalue weighted by atomic mass is 16.3. The normalized spacial score (nSPS) is 12.0. The summed E-state index contributed by atoms with van der Waals surface area (Å²) in [6.45, 7) is 7.20. The van der Waals surface area contributed by atoms with Crippen molar-refractivity contribution in [2.24, 2.45) is 0 Å². The lowest BCUT2D eigenvalue weighted by molar-refractivity contribution is 0.0216. The van der Waals surface area contributed by atoms with E-state index in [0.29, 0.717) is 0 Å². The van der Waals surface area contributed by atoms with E-state index in [9.17, 15) is 5.11 Å². The van der Waals surface area contributed by atoms with Gasteiger partial charge in [-0.05, 0) is 25.3 Å². The topological polar surface area (TPSA) is 38.1 Å². The lowest BCUT2D eigenvalue weighted by Gasteiger charge is -2.26. The third kappa shape index (κ3) is 3.63. The summed E-state index contributed by atoms with van der Waals surface area (Å²) in [5.41, 5.74) is 0.608. The molecular weight excluding hydrogens is 200 g/mol. The van der Waals surface area contributed by atoms with E-state index in [1.165, 1.54) is 0 Å². The SMILES string of the molecule is CCCC(O)(CCC)Cc1cnn(CC)c1. The molecule has 0 aliphatic carbocycles. The zero-order valence-electron chi connectivity index (χ0n) is 10.7. The van der Waals surface area contributed by atoms with Crippen LogP contribution in [0.3, 0.4) is 0 Å². The van der Waals surface area contributed by atoms with Crippen LogP contribution in [0.15, 0.2) is 12.4 Å². The van der Waals surface area contributed by atoms with Gasteiger partial charge in [0.1, 0.15) is 0 Å². The summed E-state index contributed by atoms with van der Waals surface area (Å²) in [6.07, 6.45) is 8.44. The van der Waals surface area contributed by atoms with Crippen LogP contribution >= 0.6 is 0 Å². The van der Waals surface area contributed by atoms with Gasteiger partial charge in [-0.2, -0.15) is 5.10 Å². The Bertz CT molecular complexity index is 301. The molecule has 3 heteroatoms. The maximum absolute atomic E-state index is 10.5. The van der Waals surface area contributed by atoms with Crippen LogP contribution in [0.25, 0.3) is 0 Å². The number of hydrogen-bond donors (Lipinski definition) is 1. The van der Waals surface area contributed by atoms with Gasteiger partial charge in [-0.25, -0.2) is 0 Å². The first kappa shape index (κ1) is 13.2. The van der Waals surface area contributed by atoms with Gasteiger partial charge in [0.2, 0.25) is 0 Å². The molecule has 0 saturated heterocycles. The summed E-state index contributed by atoms with van der Waals surface area (Å²) in [4.78, 5) is 0. The number of aromatic nitrogens is 2. The molecule has 3 nitrogen and oxygen atoms in total. The predicted octanol–water partition coefficient (Wildman–Crippen LogP) is 2.78. The molecule has 0 aliphatic heterocycles. The molecule has 1 aromatic rings. The molecule has 1 aromatic heterocycles. The van der Waals surface area contributed by atoms with E-state index in [2.05, 4.69) is 25.9 Å². The lowest BCUT2D eigenvalue weighted by Crippen LogP contribution is -2.30. The number of aliphatic hydroxyl groups is 1. The van der Waals surface area contributed by atoms with Crippen molar-refractivity contribution >= 4 is 0 Å². The van der Waals surface area contributed by atoms with Crippen molar-refractivity contribution in [2.75, 3.05) is 0 Å². The van der Waals surface area contributed by atoms with E-state index in [0.717, 1.165) is 44.2 Å². The summed E-state index contributed by atoms with van der Waals surface area (Å²) in [6, 6.07) is 0. The minimum Gasteiger partial charge on any atom is -0.390 e. The molecule has 0 fully saturated rings. The monoisotopic (exact) mass is 224 g/mol. The molecule has 1 heterocycles. The number of aryl methyl sites for hydroxylation is 1. The molecule has 0 amide bonds. The van der Waals surface area contributed by atoms with Crippen LogP contribution in [0, 0.1) is 0 Å². The zero-order chi connectivity index (χ0) is 12.0. The first-order valence-electron chi connectivity index (χ1n) is 6.37. The molecule has 0 radical (unpaired) electrons. The van der Waals surface area contributed by atoms with Gasteiger partial charge in [-0.15, -0.1) is 0 Å². The van der Waals surface area contributed by atoms with Gasteiger partial charge >= 0.3 is 0 Å². The molecular formula is C13H24N2O. The fourth-order valence-corrected chi connectivity index (χ4v) is 2.28. The van der Waals surface area contributed by atoms with Crippen molar-refractivity contribution in [3.05, 3.63) is 18.0 Å². The molecule has 0 unspecified atom stereocenters. The largest absolute Gasteiger partial charge is 0.390 e. The molecule has 0 saturated carbocycles. The van der Waals surface area contributed by atoms with E-state index in [1.54, 1.807) is 0 Å². The molecule has 1 N–H and O–H groups in total. The quantitative estimate of drug-likeness (QED) is 0.773. The van der Waals surface area contributed by atoms with Gasteiger partial charge in [-0.3, -0.25) is 4.68 Å². The average Bonchev–Trinajstić information content (AvgIpc) is 2.65. The predicted molar refractivity (Wildman–Crippen MR) is 66.4 cm³/mol. The number of nitrogens with zero attached hydrogens (tertiary/aromatic N) is 2. The minimum absolute atomic E-state index is 0.537. The van der Waals surface area contributed by atoms with Crippen LogP contribution < -0.4 is 0 Å². The van der Waals surface area contributed by atoms with Gasteiger partial charge in [0.25, 0.3) is 0 Å². The Morgan fingerprint density at radius 2 is 1.88 bits per heavy atom. The van der Waals surface area contributed by atoms with Crippen LogP contribution in [0.2, 0.25) is 0 Å². The Labute approximate surface area is 98.5 Å². The maximum Gasteiger partial charge on any atom is 0.0688 e. The smallest absolute Gasteiger partial charge is 0.0688 e. The molecule has 0 aromatic carbocycles.